The van der Waals surface area contributed by atoms with Crippen LogP contribution in [-0.2, 0) is 4.79 Å². The third-order valence-corrected chi connectivity index (χ3v) is 4.54. The highest BCUT2D eigenvalue weighted by molar-refractivity contribution is 5.98. The minimum atomic E-state index is -0.542. The Bertz CT molecular complexity index is 1060. The fraction of sp³-hybridized carbons (Fsp3) is 0.190. The van der Waals surface area contributed by atoms with Crippen molar-refractivity contribution in [3.8, 4) is 0 Å². The van der Waals surface area contributed by atoms with Gasteiger partial charge in [0, 0.05) is 41.7 Å². The highest BCUT2D eigenvalue weighted by atomic mass is 19.1. The van der Waals surface area contributed by atoms with E-state index in [9.17, 15) is 18.8 Å². The number of hydrogen-bond donors (Lipinski definition) is 3. The molecule has 0 unspecified atom stereocenters. The Morgan fingerprint density at radius 2 is 1.83 bits per heavy atom. The molecule has 0 aliphatic heterocycles. The van der Waals surface area contributed by atoms with Crippen LogP contribution in [0.1, 0.15) is 34.2 Å². The van der Waals surface area contributed by atoms with Gasteiger partial charge in [0.1, 0.15) is 11.5 Å². The lowest BCUT2D eigenvalue weighted by Gasteiger charge is -2.20. The van der Waals surface area contributed by atoms with E-state index in [2.05, 4.69) is 10.3 Å². The zero-order chi connectivity index (χ0) is 21.0. The first-order valence-electron chi connectivity index (χ1n) is 9.14. The molecule has 7 nitrogen and oxygen atoms in total. The summed E-state index contributed by atoms with van der Waals surface area (Å²) < 4.78 is 13.3. The number of benzene rings is 2. The van der Waals surface area contributed by atoms with Crippen LogP contribution in [-0.4, -0.2) is 40.7 Å². The fourth-order valence-corrected chi connectivity index (χ4v) is 2.97. The second kappa shape index (κ2) is 8.55. The summed E-state index contributed by atoms with van der Waals surface area (Å²) >= 11 is 0. The number of amides is 3. The number of anilines is 1. The van der Waals surface area contributed by atoms with E-state index in [1.807, 2.05) is 6.92 Å². The summed E-state index contributed by atoms with van der Waals surface area (Å²) in [6.07, 6.45) is 0.103. The largest absolute Gasteiger partial charge is 0.366 e. The lowest BCUT2D eigenvalue weighted by molar-refractivity contribution is -0.116. The molecule has 0 aliphatic rings. The van der Waals surface area contributed by atoms with Crippen molar-refractivity contribution >= 4 is 34.3 Å². The zero-order valence-electron chi connectivity index (χ0n) is 15.9. The maximum atomic E-state index is 13.3. The molecule has 0 saturated heterocycles. The number of fused-ring (bicyclic) bond motifs is 1. The van der Waals surface area contributed by atoms with E-state index in [4.69, 9.17) is 5.73 Å². The molecule has 0 radical (unpaired) electrons. The van der Waals surface area contributed by atoms with Crippen molar-refractivity contribution in [3.63, 3.8) is 0 Å². The van der Waals surface area contributed by atoms with Crippen LogP contribution < -0.4 is 11.1 Å². The summed E-state index contributed by atoms with van der Waals surface area (Å²) in [7, 11) is 0. The Labute approximate surface area is 166 Å². The van der Waals surface area contributed by atoms with Gasteiger partial charge in [0.05, 0.1) is 0 Å². The quantitative estimate of drug-likeness (QED) is 0.571. The maximum absolute atomic E-state index is 13.3. The smallest absolute Gasteiger partial charge is 0.270 e. The lowest BCUT2D eigenvalue weighted by Crippen LogP contribution is -2.33. The Hall–Kier alpha value is -3.68. The summed E-state index contributed by atoms with van der Waals surface area (Å²) in [5, 5.41) is 3.33. The summed E-state index contributed by atoms with van der Waals surface area (Å²) in [6, 6.07) is 12.1. The second-order valence-corrected chi connectivity index (χ2v) is 6.54. The number of aromatic amines is 1. The molecule has 0 fully saturated rings. The molecule has 3 rings (SSSR count). The normalized spacial score (nSPS) is 10.7. The number of hydrogen-bond acceptors (Lipinski definition) is 3. The number of rotatable bonds is 7. The van der Waals surface area contributed by atoms with Crippen molar-refractivity contribution < 1.29 is 18.8 Å². The monoisotopic (exact) mass is 396 g/mol. The van der Waals surface area contributed by atoms with Crippen LogP contribution in [0, 0.1) is 5.82 Å². The molecular weight excluding hydrogens is 375 g/mol. The molecule has 2 aromatic carbocycles. The van der Waals surface area contributed by atoms with Gasteiger partial charge in [0.15, 0.2) is 0 Å². The molecule has 1 aromatic heterocycles. The van der Waals surface area contributed by atoms with Crippen LogP contribution in [0.5, 0.6) is 0 Å². The number of carbonyl (C=O) groups excluding carboxylic acids is 3. The number of carbonyl (C=O) groups is 3. The molecule has 3 amide bonds. The van der Waals surface area contributed by atoms with Crippen LogP contribution in [0.3, 0.4) is 0 Å². The summed E-state index contributed by atoms with van der Waals surface area (Å²) in [6.45, 7) is 2.47. The Balaban J connectivity index is 1.60. The van der Waals surface area contributed by atoms with Crippen LogP contribution in [0.25, 0.3) is 10.9 Å². The molecule has 150 valence electrons. The van der Waals surface area contributed by atoms with E-state index < -0.39 is 5.91 Å². The van der Waals surface area contributed by atoms with Crippen molar-refractivity contribution in [2.45, 2.75) is 13.3 Å². The first kappa shape index (κ1) is 20.1. The van der Waals surface area contributed by atoms with Crippen molar-refractivity contribution in [1.82, 2.24) is 9.88 Å². The van der Waals surface area contributed by atoms with Crippen LogP contribution in [0.2, 0.25) is 0 Å². The number of primary amides is 1. The molecule has 29 heavy (non-hydrogen) atoms. The van der Waals surface area contributed by atoms with Gasteiger partial charge in [-0.3, -0.25) is 14.4 Å². The van der Waals surface area contributed by atoms with Crippen LogP contribution in [0.15, 0.2) is 48.5 Å². The van der Waals surface area contributed by atoms with Crippen molar-refractivity contribution in [1.29, 1.82) is 0 Å². The van der Waals surface area contributed by atoms with E-state index in [0.29, 0.717) is 34.4 Å². The van der Waals surface area contributed by atoms with Crippen molar-refractivity contribution in [3.05, 3.63) is 65.6 Å². The van der Waals surface area contributed by atoms with E-state index in [1.54, 1.807) is 24.3 Å². The molecule has 0 bridgehead atoms. The van der Waals surface area contributed by atoms with Gasteiger partial charge in [-0.1, -0.05) is 0 Å². The van der Waals surface area contributed by atoms with E-state index >= 15 is 0 Å². The predicted molar refractivity (Wildman–Crippen MR) is 108 cm³/mol. The topological polar surface area (TPSA) is 108 Å². The Kier molecular flexibility index (Phi) is 5.92. The summed E-state index contributed by atoms with van der Waals surface area (Å²) in [5.41, 5.74) is 7.08. The lowest BCUT2D eigenvalue weighted by atomic mass is 10.2. The zero-order valence-corrected chi connectivity index (χ0v) is 15.9. The minimum absolute atomic E-state index is 0.103. The number of nitrogens with one attached hydrogen (secondary N) is 2. The van der Waals surface area contributed by atoms with E-state index in [1.165, 1.54) is 29.2 Å². The van der Waals surface area contributed by atoms with Gasteiger partial charge < -0.3 is 20.9 Å². The van der Waals surface area contributed by atoms with Gasteiger partial charge in [0.25, 0.3) is 5.91 Å². The Morgan fingerprint density at radius 1 is 1.10 bits per heavy atom. The van der Waals surface area contributed by atoms with E-state index in [0.717, 1.165) is 0 Å². The first-order chi connectivity index (χ1) is 13.9. The number of H-pyrrole nitrogens is 1. The molecule has 8 heteroatoms. The molecule has 3 aromatic rings. The Morgan fingerprint density at radius 3 is 2.48 bits per heavy atom. The van der Waals surface area contributed by atoms with Gasteiger partial charge in [0.2, 0.25) is 11.8 Å². The van der Waals surface area contributed by atoms with Gasteiger partial charge in [-0.2, -0.15) is 0 Å². The van der Waals surface area contributed by atoms with Crippen molar-refractivity contribution in [2.24, 2.45) is 5.73 Å². The average Bonchev–Trinajstić information content (AvgIpc) is 3.11. The highest BCUT2D eigenvalue weighted by Gasteiger charge is 2.18. The standard InChI is InChI=1S/C21H21FN4O3/c1-2-26(21(29)18-12-14-11-15(22)5-8-17(14)25-18)10-9-19(27)24-16-6-3-13(4-7-16)20(23)28/h3-8,11-12,25H,2,9-10H2,1H3,(H2,23,28)(H,24,27). The molecule has 1 heterocycles. The number of halogens is 1. The van der Waals surface area contributed by atoms with Gasteiger partial charge in [-0.25, -0.2) is 4.39 Å². The maximum Gasteiger partial charge on any atom is 0.270 e. The molecule has 0 saturated carbocycles. The average molecular weight is 396 g/mol. The second-order valence-electron chi connectivity index (χ2n) is 6.54. The van der Waals surface area contributed by atoms with Crippen LogP contribution >= 0.6 is 0 Å². The molecule has 0 spiro atoms. The third kappa shape index (κ3) is 4.78. The SMILES string of the molecule is CCN(CCC(=O)Nc1ccc(C(N)=O)cc1)C(=O)c1cc2cc(F)ccc2[nH]1. The van der Waals surface area contributed by atoms with Gasteiger partial charge in [-0.15, -0.1) is 0 Å². The fourth-order valence-electron chi connectivity index (χ4n) is 2.97. The molecule has 4 N–H and O–H groups in total. The summed E-state index contributed by atoms with van der Waals surface area (Å²) in [4.78, 5) is 40.5. The first-order valence-corrected chi connectivity index (χ1v) is 9.14. The van der Waals surface area contributed by atoms with Crippen molar-refractivity contribution in [2.75, 3.05) is 18.4 Å². The molecule has 0 atom stereocenters. The molecular formula is C21H21FN4O3. The number of aromatic nitrogens is 1. The van der Waals surface area contributed by atoms with Crippen LogP contribution in [0.4, 0.5) is 10.1 Å². The summed E-state index contributed by atoms with van der Waals surface area (Å²) in [5.74, 6) is -1.44. The highest BCUT2D eigenvalue weighted by Crippen LogP contribution is 2.18. The number of nitrogens with zero attached hydrogens (tertiary/aromatic N) is 1. The molecule has 0 aliphatic carbocycles. The van der Waals surface area contributed by atoms with E-state index in [-0.39, 0.29) is 30.6 Å². The number of nitrogens with two attached hydrogens (primary N) is 1. The minimum Gasteiger partial charge on any atom is -0.366 e. The predicted octanol–water partition coefficient (Wildman–Crippen LogP) is 2.90. The van der Waals surface area contributed by atoms with Gasteiger partial charge >= 0.3 is 0 Å². The third-order valence-electron chi connectivity index (χ3n) is 4.54. The van der Waals surface area contributed by atoms with Gasteiger partial charge in [-0.05, 0) is 55.5 Å².